The first-order chi connectivity index (χ1) is 13.0. The van der Waals surface area contributed by atoms with Gasteiger partial charge in [-0.25, -0.2) is 0 Å². The van der Waals surface area contributed by atoms with Crippen molar-refractivity contribution in [1.82, 2.24) is 0 Å². The minimum absolute atomic E-state index is 0.0472. The summed E-state index contributed by atoms with van der Waals surface area (Å²) in [5, 5.41) is 0. The number of benzene rings is 2. The molecule has 0 aromatic heterocycles. The second-order valence-corrected chi connectivity index (χ2v) is 7.86. The minimum Gasteiger partial charge on any atom is -0.378 e. The Labute approximate surface area is 165 Å². The molecule has 2 saturated heterocycles. The highest BCUT2D eigenvalue weighted by Crippen LogP contribution is 2.40. The van der Waals surface area contributed by atoms with Gasteiger partial charge in [0.05, 0.1) is 13.2 Å². The normalized spacial score (nSPS) is 22.4. The van der Waals surface area contributed by atoms with E-state index in [0.717, 1.165) is 37.7 Å². The maximum Gasteiger partial charge on any atom is 0.254 e. The first-order valence-electron chi connectivity index (χ1n) is 9.29. The van der Waals surface area contributed by atoms with Crippen molar-refractivity contribution >= 4 is 35.6 Å². The van der Waals surface area contributed by atoms with Crippen LogP contribution in [0.5, 0.6) is 0 Å². The zero-order valence-electron chi connectivity index (χ0n) is 15.7. The lowest BCUT2D eigenvalue weighted by Crippen LogP contribution is -2.45. The average molecular weight is 384 g/mol. The number of hydrogen-bond acceptors (Lipinski definition) is 5. The molecule has 27 heavy (non-hydrogen) atoms. The van der Waals surface area contributed by atoms with Gasteiger partial charge in [-0.05, 0) is 50.2 Å². The van der Waals surface area contributed by atoms with Crippen molar-refractivity contribution in [3.05, 3.63) is 54.6 Å². The Kier molecular flexibility index (Phi) is 4.78. The molecule has 2 aliphatic heterocycles. The highest BCUT2D eigenvalue weighted by Gasteiger charge is 2.51. The first kappa shape index (κ1) is 18.2. The third kappa shape index (κ3) is 3.17. The lowest BCUT2D eigenvalue weighted by Gasteiger charge is -2.34. The summed E-state index contributed by atoms with van der Waals surface area (Å²) in [5.74, 6) is 0.0472. The van der Waals surface area contributed by atoms with Crippen molar-refractivity contribution in [1.29, 1.82) is 0 Å². The maximum absolute atomic E-state index is 13.1. The molecule has 5 nitrogen and oxygen atoms in total. The van der Waals surface area contributed by atoms with Crippen LogP contribution in [0.25, 0.3) is 0 Å². The number of thiol groups is 1. The molecule has 2 heterocycles. The van der Waals surface area contributed by atoms with Gasteiger partial charge in [0.25, 0.3) is 5.91 Å². The third-order valence-electron chi connectivity index (χ3n) is 5.34. The van der Waals surface area contributed by atoms with Crippen LogP contribution in [-0.2, 0) is 9.53 Å². The SMILES string of the molecule is CC1(C)C(=O)N(c2ccccc2)C(S)N1c1ccc(N2CCOCC2)cc1. The number of anilines is 3. The molecule has 0 radical (unpaired) electrons. The summed E-state index contributed by atoms with van der Waals surface area (Å²) in [6.45, 7) is 7.25. The topological polar surface area (TPSA) is 36.0 Å². The van der Waals surface area contributed by atoms with Crippen molar-refractivity contribution in [3.8, 4) is 0 Å². The zero-order chi connectivity index (χ0) is 19.0. The van der Waals surface area contributed by atoms with Gasteiger partial charge in [0.15, 0.2) is 5.50 Å². The van der Waals surface area contributed by atoms with Crippen LogP contribution in [-0.4, -0.2) is 43.2 Å². The molecular formula is C21H25N3O2S. The lowest BCUT2D eigenvalue weighted by molar-refractivity contribution is -0.120. The van der Waals surface area contributed by atoms with Crippen molar-refractivity contribution in [2.75, 3.05) is 41.0 Å². The van der Waals surface area contributed by atoms with Gasteiger partial charge in [0.1, 0.15) is 5.54 Å². The van der Waals surface area contributed by atoms with Crippen LogP contribution in [0, 0.1) is 0 Å². The van der Waals surface area contributed by atoms with Crippen LogP contribution in [0.1, 0.15) is 13.8 Å². The van der Waals surface area contributed by atoms with E-state index in [1.807, 2.05) is 44.2 Å². The summed E-state index contributed by atoms with van der Waals surface area (Å²) in [4.78, 5) is 19.3. The van der Waals surface area contributed by atoms with Gasteiger partial charge in [-0.15, -0.1) is 12.6 Å². The van der Waals surface area contributed by atoms with Crippen molar-refractivity contribution in [3.63, 3.8) is 0 Å². The standard InChI is InChI=1S/C21H25N3O2S/c1-21(2)19(25)23(17-6-4-3-5-7-17)20(27)24(21)18-10-8-16(9-11-18)22-12-14-26-15-13-22/h3-11,20,27H,12-15H2,1-2H3. The monoisotopic (exact) mass is 383 g/mol. The molecule has 2 aromatic rings. The van der Waals surface area contributed by atoms with Gasteiger partial charge in [0.2, 0.25) is 0 Å². The van der Waals surface area contributed by atoms with Gasteiger partial charge in [-0.1, -0.05) is 18.2 Å². The summed E-state index contributed by atoms with van der Waals surface area (Å²) in [6, 6.07) is 18.1. The summed E-state index contributed by atoms with van der Waals surface area (Å²) in [5.41, 5.74) is 2.00. The van der Waals surface area contributed by atoms with Crippen LogP contribution in [0.2, 0.25) is 0 Å². The van der Waals surface area contributed by atoms with Crippen LogP contribution in [0.15, 0.2) is 54.6 Å². The molecule has 142 valence electrons. The average Bonchev–Trinajstić information content (AvgIpc) is 2.87. The van der Waals surface area contributed by atoms with E-state index in [2.05, 4.69) is 34.1 Å². The van der Waals surface area contributed by atoms with Gasteiger partial charge in [-0.3, -0.25) is 9.69 Å². The summed E-state index contributed by atoms with van der Waals surface area (Å²) < 4.78 is 5.43. The van der Waals surface area contributed by atoms with Gasteiger partial charge >= 0.3 is 0 Å². The Morgan fingerprint density at radius 3 is 2.15 bits per heavy atom. The molecule has 6 heteroatoms. The fourth-order valence-corrected chi connectivity index (χ4v) is 4.51. The fourth-order valence-electron chi connectivity index (χ4n) is 3.85. The number of rotatable bonds is 3. The molecule has 2 fully saturated rings. The van der Waals surface area contributed by atoms with E-state index in [1.165, 1.54) is 5.69 Å². The van der Waals surface area contributed by atoms with E-state index in [-0.39, 0.29) is 11.4 Å². The van der Waals surface area contributed by atoms with Gasteiger partial charge in [-0.2, -0.15) is 0 Å². The third-order valence-corrected chi connectivity index (χ3v) is 5.81. The number of morpholine rings is 1. The minimum atomic E-state index is -0.678. The zero-order valence-corrected chi connectivity index (χ0v) is 16.6. The second kappa shape index (κ2) is 7.09. The maximum atomic E-state index is 13.1. The van der Waals surface area contributed by atoms with Gasteiger partial charge in [0, 0.05) is 30.2 Å². The van der Waals surface area contributed by atoms with Crippen LogP contribution in [0.3, 0.4) is 0 Å². The molecule has 0 bridgehead atoms. The summed E-state index contributed by atoms with van der Waals surface area (Å²) >= 11 is 4.81. The van der Waals surface area contributed by atoms with E-state index in [1.54, 1.807) is 4.90 Å². The Bertz CT molecular complexity index is 804. The number of carbonyl (C=O) groups is 1. The predicted octanol–water partition coefficient (Wildman–Crippen LogP) is 3.37. The van der Waals surface area contributed by atoms with Crippen molar-refractivity contribution in [2.45, 2.75) is 24.9 Å². The van der Waals surface area contributed by atoms with Gasteiger partial charge < -0.3 is 14.5 Å². The molecule has 1 unspecified atom stereocenters. The van der Waals surface area contributed by atoms with E-state index in [4.69, 9.17) is 17.4 Å². The number of hydrogen-bond donors (Lipinski definition) is 1. The number of carbonyl (C=O) groups excluding carboxylic acids is 1. The number of para-hydroxylation sites is 1. The van der Waals surface area contributed by atoms with E-state index in [0.29, 0.717) is 0 Å². The Balaban J connectivity index is 1.63. The molecule has 0 spiro atoms. The molecular weight excluding hydrogens is 358 g/mol. The summed E-state index contributed by atoms with van der Waals surface area (Å²) in [6.07, 6.45) is 0. The highest BCUT2D eigenvalue weighted by atomic mass is 32.1. The largest absolute Gasteiger partial charge is 0.378 e. The molecule has 2 aromatic carbocycles. The Morgan fingerprint density at radius 1 is 0.926 bits per heavy atom. The van der Waals surface area contributed by atoms with Crippen LogP contribution >= 0.6 is 12.6 Å². The summed E-state index contributed by atoms with van der Waals surface area (Å²) in [7, 11) is 0. The van der Waals surface area contributed by atoms with E-state index >= 15 is 0 Å². The quantitative estimate of drug-likeness (QED) is 0.825. The van der Waals surface area contributed by atoms with Crippen LogP contribution in [0.4, 0.5) is 17.1 Å². The predicted molar refractivity (Wildman–Crippen MR) is 113 cm³/mol. The smallest absolute Gasteiger partial charge is 0.254 e. The molecule has 0 N–H and O–H groups in total. The molecule has 1 amide bonds. The van der Waals surface area contributed by atoms with E-state index < -0.39 is 5.54 Å². The Hall–Kier alpha value is -2.18. The molecule has 0 aliphatic carbocycles. The van der Waals surface area contributed by atoms with Crippen molar-refractivity contribution < 1.29 is 9.53 Å². The highest BCUT2D eigenvalue weighted by molar-refractivity contribution is 7.81. The molecule has 4 rings (SSSR count). The number of ether oxygens (including phenoxy) is 1. The fraction of sp³-hybridized carbons (Fsp3) is 0.381. The molecule has 2 aliphatic rings. The van der Waals surface area contributed by atoms with E-state index in [9.17, 15) is 4.79 Å². The first-order valence-corrected chi connectivity index (χ1v) is 9.81. The van der Waals surface area contributed by atoms with Crippen LogP contribution < -0.4 is 14.7 Å². The number of nitrogens with zero attached hydrogens (tertiary/aromatic N) is 3. The van der Waals surface area contributed by atoms with Crippen molar-refractivity contribution in [2.24, 2.45) is 0 Å². The lowest BCUT2D eigenvalue weighted by atomic mass is 10.0. The Morgan fingerprint density at radius 2 is 1.52 bits per heavy atom. The molecule has 1 atom stereocenters. The number of amides is 1. The molecule has 0 saturated carbocycles. The second-order valence-electron chi connectivity index (χ2n) is 7.40.